The number of hydrogen-bond acceptors (Lipinski definition) is 9. The van der Waals surface area contributed by atoms with Crippen LogP contribution in [-0.2, 0) is 22.6 Å². The maximum Gasteiger partial charge on any atom is 0.251 e. The van der Waals surface area contributed by atoms with Crippen molar-refractivity contribution >= 4 is 17.5 Å². The summed E-state index contributed by atoms with van der Waals surface area (Å²) in [5.74, 6) is 1.02. The molecule has 7 rings (SSSR count). The van der Waals surface area contributed by atoms with Crippen LogP contribution in [-0.4, -0.2) is 111 Å². The topological polar surface area (TPSA) is 127 Å². The highest BCUT2D eigenvalue weighted by molar-refractivity contribution is 5.97. The Morgan fingerprint density at radius 3 is 2.38 bits per heavy atom. The first-order chi connectivity index (χ1) is 26.6. The average molecular weight is 770 g/mol. The van der Waals surface area contributed by atoms with Gasteiger partial charge in [-0.15, -0.1) is 0 Å². The Hall–Kier alpha value is -4.00. The van der Waals surface area contributed by atoms with Gasteiger partial charge in [0, 0.05) is 61.0 Å². The highest BCUT2D eigenvalue weighted by atomic mass is 16.7. The number of para-hydroxylation sites is 1. The van der Waals surface area contributed by atoms with Crippen LogP contribution in [0.2, 0.25) is 0 Å². The van der Waals surface area contributed by atoms with E-state index in [2.05, 4.69) is 48.4 Å². The normalized spacial score (nSPS) is 26.6. The van der Waals surface area contributed by atoms with E-state index in [-0.39, 0.29) is 42.5 Å². The standard InChI is InChI=1S/C45H63N5O6/c1-27-37-22-33(45(37,3)4)23-38(27)47-44(54)41-40(28(2)52)39(26-51)56-50(41)24-30-16-13-17-36(42(30)55-9)31-19-32(21-35(20-31)49(7)8)43(53)46-34(25-48(5)6)18-29-14-11-10-12-15-29/h10-17,19-21,27-28,33-34,37-41,51-52H,18,22-26H2,1-9H3,(H,46,53)(H,47,54)/t27-,28-,33+,34-,37-,38-,39-,40+,41-/m0/s1. The summed E-state index contributed by atoms with van der Waals surface area (Å²) < 4.78 is 6.11. The van der Waals surface area contributed by atoms with Gasteiger partial charge in [0.2, 0.25) is 5.91 Å². The second kappa shape index (κ2) is 17.2. The zero-order valence-corrected chi connectivity index (χ0v) is 34.7. The minimum Gasteiger partial charge on any atom is -0.496 e. The number of hydrogen-bond donors (Lipinski definition) is 4. The maximum atomic E-state index is 14.3. The molecule has 1 saturated heterocycles. The average Bonchev–Trinajstić information content (AvgIpc) is 3.53. The van der Waals surface area contributed by atoms with Gasteiger partial charge in [0.15, 0.2) is 0 Å². The van der Waals surface area contributed by atoms with Gasteiger partial charge in [-0.3, -0.25) is 14.4 Å². The molecular weight excluding hydrogens is 707 g/mol. The second-order valence-electron chi connectivity index (χ2n) is 17.5. The van der Waals surface area contributed by atoms with Crippen LogP contribution in [0.25, 0.3) is 11.1 Å². The highest BCUT2D eigenvalue weighted by Gasteiger charge is 2.57. The molecule has 0 unspecified atom stereocenters. The van der Waals surface area contributed by atoms with Gasteiger partial charge in [0.1, 0.15) is 17.9 Å². The largest absolute Gasteiger partial charge is 0.496 e. The van der Waals surface area contributed by atoms with Crippen LogP contribution in [0.3, 0.4) is 0 Å². The number of methoxy groups -OCH3 is 1. The molecule has 0 spiro atoms. The Labute approximate surface area is 333 Å². The minimum absolute atomic E-state index is 0.0358. The van der Waals surface area contributed by atoms with Gasteiger partial charge in [-0.05, 0) is 92.8 Å². The van der Waals surface area contributed by atoms with Gasteiger partial charge in [0.05, 0.1) is 26.4 Å². The molecule has 0 aromatic heterocycles. The number of carbonyl (C=O) groups is 2. The molecule has 11 nitrogen and oxygen atoms in total. The maximum absolute atomic E-state index is 14.3. The number of likely N-dealkylation sites (N-methyl/N-ethyl adjacent to an activating group) is 1. The summed E-state index contributed by atoms with van der Waals surface area (Å²) in [6.07, 6.45) is 1.17. The van der Waals surface area contributed by atoms with E-state index in [1.165, 1.54) is 6.42 Å². The number of hydroxylamine groups is 2. The Kier molecular flexibility index (Phi) is 12.8. The van der Waals surface area contributed by atoms with Gasteiger partial charge < -0.3 is 35.4 Å². The molecule has 0 radical (unpaired) electrons. The number of anilines is 1. The van der Waals surface area contributed by atoms with E-state index < -0.39 is 24.2 Å². The van der Waals surface area contributed by atoms with Gasteiger partial charge >= 0.3 is 0 Å². The Morgan fingerprint density at radius 1 is 1.04 bits per heavy atom. The summed E-state index contributed by atoms with van der Waals surface area (Å²) >= 11 is 0. The van der Waals surface area contributed by atoms with E-state index in [1.54, 1.807) is 19.1 Å². The Balaban J connectivity index is 1.28. The second-order valence-corrected chi connectivity index (χ2v) is 17.5. The number of ether oxygens (including phenoxy) is 1. The van der Waals surface area contributed by atoms with Crippen molar-refractivity contribution in [3.05, 3.63) is 83.4 Å². The highest BCUT2D eigenvalue weighted by Crippen LogP contribution is 2.61. The molecule has 3 aromatic carbocycles. The summed E-state index contributed by atoms with van der Waals surface area (Å²) in [5, 5.41) is 29.6. The van der Waals surface area contributed by atoms with Crippen LogP contribution in [0.1, 0.15) is 62.0 Å². The predicted octanol–water partition coefficient (Wildman–Crippen LogP) is 4.99. The van der Waals surface area contributed by atoms with E-state index in [0.717, 1.165) is 34.4 Å². The van der Waals surface area contributed by atoms with Crippen molar-refractivity contribution in [2.45, 2.75) is 83.8 Å². The summed E-state index contributed by atoms with van der Waals surface area (Å²) in [6, 6.07) is 20.9. The number of fused-ring (bicyclic) bond motifs is 2. The van der Waals surface area contributed by atoms with E-state index in [4.69, 9.17) is 9.57 Å². The van der Waals surface area contributed by atoms with E-state index in [9.17, 15) is 19.8 Å². The van der Waals surface area contributed by atoms with Crippen molar-refractivity contribution < 1.29 is 29.4 Å². The van der Waals surface area contributed by atoms with Gasteiger partial charge in [-0.1, -0.05) is 69.3 Å². The van der Waals surface area contributed by atoms with E-state index in [1.807, 2.05) is 87.7 Å². The number of aliphatic hydroxyl groups excluding tert-OH is 2. The zero-order valence-electron chi connectivity index (χ0n) is 34.7. The molecule has 9 atom stereocenters. The molecule has 3 aliphatic carbocycles. The van der Waals surface area contributed by atoms with Gasteiger partial charge in [-0.25, -0.2) is 0 Å². The molecular formula is C45H63N5O6. The predicted molar refractivity (Wildman–Crippen MR) is 220 cm³/mol. The first-order valence-corrected chi connectivity index (χ1v) is 20.1. The lowest BCUT2D eigenvalue weighted by molar-refractivity contribution is -0.183. The fraction of sp³-hybridized carbons (Fsp3) is 0.556. The number of nitrogens with one attached hydrogen (secondary N) is 2. The first-order valence-electron chi connectivity index (χ1n) is 20.1. The third-order valence-electron chi connectivity index (χ3n) is 12.9. The van der Waals surface area contributed by atoms with E-state index >= 15 is 0 Å². The molecule has 3 aromatic rings. The van der Waals surface area contributed by atoms with Gasteiger partial charge in [-0.2, -0.15) is 5.06 Å². The molecule has 1 heterocycles. The van der Waals surface area contributed by atoms with Crippen molar-refractivity contribution in [2.75, 3.05) is 53.4 Å². The molecule has 3 saturated carbocycles. The SMILES string of the molecule is COc1c(CN2O[C@@H](CO)[C@@H]([C@H](C)O)[C@H]2C(=O)N[C@H]2C[C@H]3C[C@@H]([C@@H]2C)C3(C)C)cccc1-c1cc(C(=O)N[C@@H](Cc2ccccc2)CN(C)C)cc(N(C)C)c1. The monoisotopic (exact) mass is 769 g/mol. The van der Waals surface area contributed by atoms with Crippen molar-refractivity contribution in [3.8, 4) is 16.9 Å². The third kappa shape index (κ3) is 8.62. The van der Waals surface area contributed by atoms with Crippen molar-refractivity contribution in [3.63, 3.8) is 0 Å². The first kappa shape index (κ1) is 41.6. The Bertz CT molecular complexity index is 1830. The zero-order chi connectivity index (χ0) is 40.5. The molecule has 4 aliphatic rings. The Morgan fingerprint density at radius 2 is 1.77 bits per heavy atom. The van der Waals surface area contributed by atoms with E-state index in [0.29, 0.717) is 42.0 Å². The molecule has 304 valence electrons. The fourth-order valence-corrected chi connectivity index (χ4v) is 9.76. The van der Waals surface area contributed by atoms with Crippen molar-refractivity contribution in [1.82, 2.24) is 20.6 Å². The minimum atomic E-state index is -0.902. The fourth-order valence-electron chi connectivity index (χ4n) is 9.76. The van der Waals surface area contributed by atoms with Crippen LogP contribution in [0.5, 0.6) is 5.75 Å². The summed E-state index contributed by atoms with van der Waals surface area (Å²) in [4.78, 5) is 38.7. The molecule has 4 N–H and O–H groups in total. The van der Waals surface area contributed by atoms with Crippen molar-refractivity contribution in [1.29, 1.82) is 0 Å². The summed E-state index contributed by atoms with van der Waals surface area (Å²) in [6.45, 7) is 9.07. The van der Waals surface area contributed by atoms with Crippen LogP contribution in [0.4, 0.5) is 5.69 Å². The number of carbonyl (C=O) groups excluding carboxylic acids is 2. The summed E-state index contributed by atoms with van der Waals surface area (Å²) in [5.41, 5.74) is 5.15. The lowest BCUT2D eigenvalue weighted by Gasteiger charge is -2.62. The third-order valence-corrected chi connectivity index (χ3v) is 12.9. The number of nitrogens with zero attached hydrogens (tertiary/aromatic N) is 3. The molecule has 1 aliphatic heterocycles. The number of amides is 2. The van der Waals surface area contributed by atoms with Crippen LogP contribution < -0.4 is 20.3 Å². The number of aliphatic hydroxyl groups is 2. The van der Waals surface area contributed by atoms with Crippen molar-refractivity contribution in [2.24, 2.45) is 29.1 Å². The molecule has 56 heavy (non-hydrogen) atoms. The number of rotatable bonds is 15. The number of benzene rings is 3. The molecule has 2 amide bonds. The molecule has 4 fully saturated rings. The van der Waals surface area contributed by atoms with Crippen LogP contribution in [0, 0.1) is 29.1 Å². The molecule has 2 bridgehead atoms. The smallest absolute Gasteiger partial charge is 0.251 e. The van der Waals surface area contributed by atoms with Crippen LogP contribution in [0.15, 0.2) is 66.7 Å². The lowest BCUT2D eigenvalue weighted by atomic mass is 9.45. The quantitative estimate of drug-likeness (QED) is 0.169. The molecule has 11 heteroatoms. The summed E-state index contributed by atoms with van der Waals surface area (Å²) in [7, 11) is 9.52. The van der Waals surface area contributed by atoms with Gasteiger partial charge in [0.25, 0.3) is 5.91 Å². The lowest BCUT2D eigenvalue weighted by Crippen LogP contribution is -2.62. The van der Waals surface area contributed by atoms with Crippen LogP contribution >= 0.6 is 0 Å².